The second-order valence-electron chi connectivity index (χ2n) is 6.45. The zero-order valence-corrected chi connectivity index (χ0v) is 14.6. The molecule has 26 heavy (non-hydrogen) atoms. The number of ether oxygens (including phenoxy) is 1. The van der Waals surface area contributed by atoms with E-state index in [2.05, 4.69) is 4.90 Å². The molecule has 1 saturated carbocycles. The molecule has 0 bridgehead atoms. The molecule has 1 aliphatic rings. The van der Waals surface area contributed by atoms with E-state index in [0.717, 1.165) is 24.2 Å². The number of nitro benzene ring substituents is 1. The normalized spacial score (nSPS) is 13.6. The van der Waals surface area contributed by atoms with Crippen LogP contribution in [-0.4, -0.2) is 28.9 Å². The second-order valence-corrected chi connectivity index (χ2v) is 6.45. The van der Waals surface area contributed by atoms with Gasteiger partial charge in [0.05, 0.1) is 12.0 Å². The van der Waals surface area contributed by atoms with Crippen LogP contribution in [-0.2, 0) is 13.1 Å². The first-order chi connectivity index (χ1) is 12.5. The molecular formula is C19H21N3O4. The minimum atomic E-state index is -0.670. The number of amides is 1. The maximum atomic E-state index is 11.4. The summed E-state index contributed by atoms with van der Waals surface area (Å²) in [6, 6.07) is 12.7. The van der Waals surface area contributed by atoms with Gasteiger partial charge in [-0.1, -0.05) is 18.2 Å². The molecule has 1 aliphatic carbocycles. The molecule has 0 heterocycles. The summed E-state index contributed by atoms with van der Waals surface area (Å²) < 4.78 is 5.18. The van der Waals surface area contributed by atoms with Gasteiger partial charge in [0.2, 0.25) is 5.91 Å². The summed E-state index contributed by atoms with van der Waals surface area (Å²) in [6.07, 6.45) is 2.17. The highest BCUT2D eigenvalue weighted by atomic mass is 16.6. The molecule has 0 unspecified atom stereocenters. The van der Waals surface area contributed by atoms with Crippen molar-refractivity contribution in [3.05, 3.63) is 69.3 Å². The summed E-state index contributed by atoms with van der Waals surface area (Å²) in [5, 5.41) is 11.4. The Kier molecular flexibility index (Phi) is 5.18. The highest BCUT2D eigenvalue weighted by Crippen LogP contribution is 2.32. The molecule has 2 aromatic rings. The number of methoxy groups -OCH3 is 1. The van der Waals surface area contributed by atoms with E-state index in [1.807, 2.05) is 24.3 Å². The predicted octanol–water partition coefficient (Wildman–Crippen LogP) is 2.87. The van der Waals surface area contributed by atoms with Crippen molar-refractivity contribution < 1.29 is 14.5 Å². The first-order valence-electron chi connectivity index (χ1n) is 8.42. The molecule has 0 radical (unpaired) electrons. The molecular weight excluding hydrogens is 334 g/mol. The Morgan fingerprint density at radius 3 is 2.46 bits per heavy atom. The van der Waals surface area contributed by atoms with Crippen LogP contribution < -0.4 is 10.5 Å². The van der Waals surface area contributed by atoms with Crippen molar-refractivity contribution in [1.82, 2.24) is 4.90 Å². The minimum Gasteiger partial charge on any atom is -0.497 e. The third-order valence-corrected chi connectivity index (χ3v) is 4.55. The molecule has 1 fully saturated rings. The van der Waals surface area contributed by atoms with Crippen molar-refractivity contribution in [2.24, 2.45) is 5.73 Å². The fourth-order valence-corrected chi connectivity index (χ4v) is 2.96. The molecule has 0 spiro atoms. The van der Waals surface area contributed by atoms with Crippen LogP contribution in [0.4, 0.5) is 5.69 Å². The molecule has 0 atom stereocenters. The van der Waals surface area contributed by atoms with Crippen LogP contribution in [0.25, 0.3) is 0 Å². The number of primary amides is 1. The Balaban J connectivity index is 1.81. The van der Waals surface area contributed by atoms with Crippen molar-refractivity contribution in [3.63, 3.8) is 0 Å². The van der Waals surface area contributed by atoms with E-state index >= 15 is 0 Å². The number of rotatable bonds is 8. The highest BCUT2D eigenvalue weighted by Gasteiger charge is 2.30. The second kappa shape index (κ2) is 7.53. The fourth-order valence-electron chi connectivity index (χ4n) is 2.96. The molecule has 3 rings (SSSR count). The smallest absolute Gasteiger partial charge is 0.274 e. The van der Waals surface area contributed by atoms with Crippen LogP contribution in [0.3, 0.4) is 0 Å². The first kappa shape index (κ1) is 17.9. The van der Waals surface area contributed by atoms with Crippen molar-refractivity contribution in [2.45, 2.75) is 32.0 Å². The van der Waals surface area contributed by atoms with Crippen LogP contribution in [0.1, 0.15) is 34.3 Å². The van der Waals surface area contributed by atoms with Crippen molar-refractivity contribution in [1.29, 1.82) is 0 Å². The SMILES string of the molecule is COc1ccc(CN(Cc2ccc(C(N)=O)cc2[N+](=O)[O-])C2CC2)cc1. The van der Waals surface area contributed by atoms with E-state index in [-0.39, 0.29) is 11.3 Å². The number of hydrogen-bond acceptors (Lipinski definition) is 5. The molecule has 0 aromatic heterocycles. The average molecular weight is 355 g/mol. The first-order valence-corrected chi connectivity index (χ1v) is 8.42. The van der Waals surface area contributed by atoms with Gasteiger partial charge in [0.25, 0.3) is 5.69 Å². The van der Waals surface area contributed by atoms with E-state index in [1.165, 1.54) is 6.07 Å². The van der Waals surface area contributed by atoms with Gasteiger partial charge < -0.3 is 10.5 Å². The zero-order valence-electron chi connectivity index (χ0n) is 14.6. The van der Waals surface area contributed by atoms with Crippen LogP contribution in [0.15, 0.2) is 42.5 Å². The molecule has 7 nitrogen and oxygen atoms in total. The molecule has 2 N–H and O–H groups in total. The van der Waals surface area contributed by atoms with Gasteiger partial charge in [0.1, 0.15) is 5.75 Å². The van der Waals surface area contributed by atoms with E-state index in [9.17, 15) is 14.9 Å². The van der Waals surface area contributed by atoms with Crippen LogP contribution >= 0.6 is 0 Å². The zero-order chi connectivity index (χ0) is 18.7. The number of nitrogens with two attached hydrogens (primary N) is 1. The molecule has 136 valence electrons. The van der Waals surface area contributed by atoms with Gasteiger partial charge in [-0.25, -0.2) is 0 Å². The van der Waals surface area contributed by atoms with E-state index < -0.39 is 10.8 Å². The summed E-state index contributed by atoms with van der Waals surface area (Å²) in [7, 11) is 1.63. The Hall–Kier alpha value is -2.93. The Bertz CT molecular complexity index is 816. The Labute approximate surface area is 151 Å². The molecule has 0 aliphatic heterocycles. The van der Waals surface area contributed by atoms with Gasteiger partial charge in [-0.05, 0) is 36.6 Å². The quantitative estimate of drug-likeness (QED) is 0.580. The van der Waals surface area contributed by atoms with Gasteiger partial charge in [0, 0.05) is 36.3 Å². The van der Waals surface area contributed by atoms with Gasteiger partial charge in [-0.2, -0.15) is 0 Å². The lowest BCUT2D eigenvalue weighted by Gasteiger charge is -2.22. The van der Waals surface area contributed by atoms with Gasteiger partial charge in [-0.15, -0.1) is 0 Å². The van der Waals surface area contributed by atoms with Crippen LogP contribution in [0, 0.1) is 10.1 Å². The number of carbonyl (C=O) groups is 1. The number of benzene rings is 2. The molecule has 0 saturated heterocycles. The van der Waals surface area contributed by atoms with E-state index in [1.54, 1.807) is 19.2 Å². The monoisotopic (exact) mass is 355 g/mol. The average Bonchev–Trinajstić information content (AvgIpc) is 3.46. The summed E-state index contributed by atoms with van der Waals surface area (Å²) >= 11 is 0. The van der Waals surface area contributed by atoms with Gasteiger partial charge in [0.15, 0.2) is 0 Å². The third kappa shape index (κ3) is 4.18. The van der Waals surface area contributed by atoms with Gasteiger partial charge in [-0.3, -0.25) is 19.8 Å². The molecule has 1 amide bonds. The Morgan fingerprint density at radius 1 is 1.23 bits per heavy atom. The lowest BCUT2D eigenvalue weighted by molar-refractivity contribution is -0.385. The van der Waals surface area contributed by atoms with E-state index in [0.29, 0.717) is 24.7 Å². The fraction of sp³-hybridized carbons (Fsp3) is 0.316. The standard InChI is InChI=1S/C19H21N3O4/c1-26-17-8-2-13(3-9-17)11-21(16-6-7-16)12-15-5-4-14(19(20)23)10-18(15)22(24)25/h2-5,8-10,16H,6-7,11-12H2,1H3,(H2,20,23). The maximum absolute atomic E-state index is 11.4. The number of nitrogens with zero attached hydrogens (tertiary/aromatic N) is 2. The summed E-state index contributed by atoms with van der Waals surface area (Å²) in [5.74, 6) is 0.126. The summed E-state index contributed by atoms with van der Waals surface area (Å²) in [5.41, 5.74) is 7.02. The van der Waals surface area contributed by atoms with Crippen molar-refractivity contribution >= 4 is 11.6 Å². The number of nitro groups is 1. The van der Waals surface area contributed by atoms with Gasteiger partial charge >= 0.3 is 0 Å². The number of hydrogen-bond donors (Lipinski definition) is 1. The Morgan fingerprint density at radius 2 is 1.92 bits per heavy atom. The van der Waals surface area contributed by atoms with E-state index in [4.69, 9.17) is 10.5 Å². The van der Waals surface area contributed by atoms with Crippen LogP contribution in [0.2, 0.25) is 0 Å². The number of carbonyl (C=O) groups excluding carboxylic acids is 1. The molecule has 7 heteroatoms. The molecule has 2 aromatic carbocycles. The van der Waals surface area contributed by atoms with Crippen molar-refractivity contribution in [2.75, 3.05) is 7.11 Å². The maximum Gasteiger partial charge on any atom is 0.274 e. The summed E-state index contributed by atoms with van der Waals surface area (Å²) in [6.45, 7) is 1.15. The predicted molar refractivity (Wildman–Crippen MR) is 96.9 cm³/mol. The highest BCUT2D eigenvalue weighted by molar-refractivity contribution is 5.93. The summed E-state index contributed by atoms with van der Waals surface area (Å²) in [4.78, 5) is 24.5. The minimum absolute atomic E-state index is 0.0679. The third-order valence-electron chi connectivity index (χ3n) is 4.55. The lowest BCUT2D eigenvalue weighted by Crippen LogP contribution is -2.25. The van der Waals surface area contributed by atoms with Crippen LogP contribution in [0.5, 0.6) is 5.75 Å². The lowest BCUT2D eigenvalue weighted by atomic mass is 10.1. The largest absolute Gasteiger partial charge is 0.497 e. The van der Waals surface area contributed by atoms with Crippen molar-refractivity contribution in [3.8, 4) is 5.75 Å². The topological polar surface area (TPSA) is 98.7 Å².